The minimum absolute atomic E-state index is 0.669. The van der Waals surface area contributed by atoms with Crippen molar-refractivity contribution in [1.82, 2.24) is 10.2 Å². The highest BCUT2D eigenvalue weighted by atomic mass is 16.5. The molecule has 0 spiro atoms. The van der Waals surface area contributed by atoms with Gasteiger partial charge in [0.2, 0.25) is 0 Å². The maximum atomic E-state index is 5.03. The lowest BCUT2D eigenvalue weighted by molar-refractivity contribution is 0.206. The molecule has 4 nitrogen and oxygen atoms in total. The maximum absolute atomic E-state index is 5.03. The van der Waals surface area contributed by atoms with E-state index in [1.54, 1.807) is 7.11 Å². The molecule has 1 atom stereocenters. The molecule has 1 N–H and O–H groups in total. The molecular weight excluding hydrogens is 214 g/mol. The van der Waals surface area contributed by atoms with Crippen LogP contribution in [0, 0.1) is 5.92 Å². The van der Waals surface area contributed by atoms with Crippen LogP contribution in [0.5, 0.6) is 0 Å². The molecule has 0 aromatic carbocycles. The van der Waals surface area contributed by atoms with Crippen LogP contribution in [0.4, 0.5) is 0 Å². The molecule has 0 bridgehead atoms. The van der Waals surface area contributed by atoms with Gasteiger partial charge in [0.05, 0.1) is 13.2 Å². The van der Waals surface area contributed by atoms with E-state index in [-0.39, 0.29) is 0 Å². The Balaban J connectivity index is 2.53. The van der Waals surface area contributed by atoms with Gasteiger partial charge in [-0.05, 0) is 18.8 Å². The van der Waals surface area contributed by atoms with Crippen molar-refractivity contribution in [3.05, 3.63) is 12.7 Å². The number of ether oxygens (including phenoxy) is 1. The lowest BCUT2D eigenvalue weighted by atomic mass is 10.0. The lowest BCUT2D eigenvalue weighted by Crippen LogP contribution is -2.46. The van der Waals surface area contributed by atoms with Gasteiger partial charge in [-0.25, -0.2) is 0 Å². The van der Waals surface area contributed by atoms with E-state index in [1.165, 1.54) is 12.8 Å². The third-order valence-electron chi connectivity index (χ3n) is 2.92. The molecule has 0 aromatic heterocycles. The second kappa shape index (κ2) is 8.12. The van der Waals surface area contributed by atoms with Crippen molar-refractivity contribution < 1.29 is 4.74 Å². The molecular formula is C13H25N3O. The Morgan fingerprint density at radius 2 is 2.47 bits per heavy atom. The lowest BCUT2D eigenvalue weighted by Gasteiger charge is -2.33. The van der Waals surface area contributed by atoms with Gasteiger partial charge in [0.15, 0.2) is 5.96 Å². The molecule has 1 rings (SSSR count). The number of guanidine groups is 1. The summed E-state index contributed by atoms with van der Waals surface area (Å²) in [5.41, 5.74) is 0. The Bertz CT molecular complexity index is 253. The van der Waals surface area contributed by atoms with Crippen LogP contribution in [0.1, 0.15) is 19.8 Å². The SMILES string of the molecule is C=CCNC(=NCCOC)N1CCCC(C)C1. The van der Waals surface area contributed by atoms with Gasteiger partial charge in [-0.3, -0.25) is 4.99 Å². The molecule has 1 heterocycles. The van der Waals surface area contributed by atoms with Crippen LogP contribution < -0.4 is 5.32 Å². The summed E-state index contributed by atoms with van der Waals surface area (Å²) >= 11 is 0. The van der Waals surface area contributed by atoms with Crippen LogP contribution in [0.15, 0.2) is 17.6 Å². The Labute approximate surface area is 105 Å². The maximum Gasteiger partial charge on any atom is 0.194 e. The predicted octanol–water partition coefficient (Wildman–Crippen LogP) is 1.50. The fraction of sp³-hybridized carbons (Fsp3) is 0.769. The molecule has 0 amide bonds. The molecule has 0 aliphatic carbocycles. The molecule has 4 heteroatoms. The Kier molecular flexibility index (Phi) is 6.70. The van der Waals surface area contributed by atoms with Gasteiger partial charge in [0.25, 0.3) is 0 Å². The quantitative estimate of drug-likeness (QED) is 0.342. The van der Waals surface area contributed by atoms with Crippen molar-refractivity contribution >= 4 is 5.96 Å². The Morgan fingerprint density at radius 1 is 1.65 bits per heavy atom. The summed E-state index contributed by atoms with van der Waals surface area (Å²) in [7, 11) is 1.70. The number of piperidine rings is 1. The van der Waals surface area contributed by atoms with E-state index in [9.17, 15) is 0 Å². The predicted molar refractivity (Wildman–Crippen MR) is 72.3 cm³/mol. The molecule has 0 aromatic rings. The van der Waals surface area contributed by atoms with Gasteiger partial charge in [-0.15, -0.1) is 6.58 Å². The number of hydrogen-bond donors (Lipinski definition) is 1. The zero-order chi connectivity index (χ0) is 12.5. The number of hydrogen-bond acceptors (Lipinski definition) is 2. The summed E-state index contributed by atoms with van der Waals surface area (Å²) in [5, 5.41) is 3.32. The molecule has 1 aliphatic heterocycles. The van der Waals surface area contributed by atoms with Crippen LogP contribution in [0.3, 0.4) is 0 Å². The van der Waals surface area contributed by atoms with Crippen LogP contribution >= 0.6 is 0 Å². The third-order valence-corrected chi connectivity index (χ3v) is 2.92. The van der Waals surface area contributed by atoms with Gasteiger partial charge < -0.3 is 15.0 Å². The van der Waals surface area contributed by atoms with E-state index < -0.39 is 0 Å². The minimum atomic E-state index is 0.669. The van der Waals surface area contributed by atoms with Crippen LogP contribution in [0.2, 0.25) is 0 Å². The number of aliphatic imine (C=N–C) groups is 1. The molecule has 98 valence electrons. The summed E-state index contributed by atoms with van der Waals surface area (Å²) in [4.78, 5) is 6.91. The number of likely N-dealkylation sites (tertiary alicyclic amines) is 1. The number of nitrogens with one attached hydrogen (secondary N) is 1. The summed E-state index contributed by atoms with van der Waals surface area (Å²) in [5.74, 6) is 1.75. The van der Waals surface area contributed by atoms with Crippen molar-refractivity contribution in [1.29, 1.82) is 0 Å². The summed E-state index contributed by atoms with van der Waals surface area (Å²) in [6.07, 6.45) is 4.43. The van der Waals surface area contributed by atoms with E-state index in [0.29, 0.717) is 13.2 Å². The zero-order valence-corrected chi connectivity index (χ0v) is 11.1. The first-order chi connectivity index (χ1) is 8.27. The second-order valence-electron chi connectivity index (χ2n) is 4.56. The summed E-state index contributed by atoms with van der Waals surface area (Å²) in [6, 6.07) is 0. The average Bonchev–Trinajstić information content (AvgIpc) is 2.33. The van der Waals surface area contributed by atoms with Crippen molar-refractivity contribution in [3.8, 4) is 0 Å². The topological polar surface area (TPSA) is 36.9 Å². The molecule has 0 radical (unpaired) electrons. The molecule has 1 fully saturated rings. The van der Waals surface area contributed by atoms with Crippen LogP contribution in [-0.2, 0) is 4.74 Å². The summed E-state index contributed by atoms with van der Waals surface area (Å²) in [6.45, 7) is 10.4. The first-order valence-corrected chi connectivity index (χ1v) is 6.41. The highest BCUT2D eigenvalue weighted by molar-refractivity contribution is 5.80. The molecule has 0 saturated carbocycles. The largest absolute Gasteiger partial charge is 0.383 e. The standard InChI is InChI=1S/C13H25N3O/c1-4-7-14-13(15-8-10-17-3)16-9-5-6-12(2)11-16/h4,12H,1,5-11H2,2-3H3,(H,14,15). The smallest absolute Gasteiger partial charge is 0.194 e. The van der Waals surface area contributed by atoms with Crippen molar-refractivity contribution in [2.24, 2.45) is 10.9 Å². The van der Waals surface area contributed by atoms with Crippen molar-refractivity contribution in [2.45, 2.75) is 19.8 Å². The Hall–Kier alpha value is -1.03. The van der Waals surface area contributed by atoms with E-state index in [4.69, 9.17) is 4.74 Å². The fourth-order valence-electron chi connectivity index (χ4n) is 2.06. The second-order valence-corrected chi connectivity index (χ2v) is 4.56. The molecule has 1 aliphatic rings. The average molecular weight is 239 g/mol. The highest BCUT2D eigenvalue weighted by Crippen LogP contribution is 2.15. The van der Waals surface area contributed by atoms with Gasteiger partial charge in [0.1, 0.15) is 0 Å². The van der Waals surface area contributed by atoms with E-state index in [0.717, 1.165) is 31.5 Å². The van der Waals surface area contributed by atoms with Gasteiger partial charge in [0, 0.05) is 26.7 Å². The first kappa shape index (κ1) is 14.0. The number of rotatable bonds is 5. The number of nitrogens with zero attached hydrogens (tertiary/aromatic N) is 2. The van der Waals surface area contributed by atoms with Gasteiger partial charge in [-0.1, -0.05) is 13.0 Å². The monoisotopic (exact) mass is 239 g/mol. The normalized spacial score (nSPS) is 21.4. The van der Waals surface area contributed by atoms with Crippen LogP contribution in [-0.4, -0.2) is 50.8 Å². The molecule has 17 heavy (non-hydrogen) atoms. The Morgan fingerprint density at radius 3 is 3.12 bits per heavy atom. The summed E-state index contributed by atoms with van der Waals surface area (Å²) < 4.78 is 5.03. The van der Waals surface area contributed by atoms with E-state index in [1.807, 2.05) is 6.08 Å². The first-order valence-electron chi connectivity index (χ1n) is 6.41. The van der Waals surface area contributed by atoms with Crippen molar-refractivity contribution in [2.75, 3.05) is 39.9 Å². The molecule has 1 saturated heterocycles. The van der Waals surface area contributed by atoms with Gasteiger partial charge in [-0.2, -0.15) is 0 Å². The third kappa shape index (κ3) is 5.22. The zero-order valence-electron chi connectivity index (χ0n) is 11.1. The van der Waals surface area contributed by atoms with Crippen molar-refractivity contribution in [3.63, 3.8) is 0 Å². The molecule has 1 unspecified atom stereocenters. The number of methoxy groups -OCH3 is 1. The fourth-order valence-corrected chi connectivity index (χ4v) is 2.06. The van der Waals surface area contributed by atoms with Crippen LogP contribution in [0.25, 0.3) is 0 Å². The van der Waals surface area contributed by atoms with E-state index >= 15 is 0 Å². The highest BCUT2D eigenvalue weighted by Gasteiger charge is 2.18. The minimum Gasteiger partial charge on any atom is -0.383 e. The van der Waals surface area contributed by atoms with Gasteiger partial charge >= 0.3 is 0 Å². The van der Waals surface area contributed by atoms with E-state index in [2.05, 4.69) is 28.7 Å².